The molecule has 0 unspecified atom stereocenters. The lowest BCUT2D eigenvalue weighted by Crippen LogP contribution is -2.46. The number of nitrogens with one attached hydrogen (secondary N) is 2. The minimum Gasteiger partial charge on any atom is -0.481 e. The van der Waals surface area contributed by atoms with Crippen LogP contribution in [0.4, 0.5) is 53.3 Å². The Morgan fingerprint density at radius 3 is 2.27 bits per heavy atom. The maximum atomic E-state index is 13.6. The van der Waals surface area contributed by atoms with Crippen LogP contribution in [0.25, 0.3) is 0 Å². The topological polar surface area (TPSA) is 139 Å². The van der Waals surface area contributed by atoms with E-state index in [4.69, 9.17) is 9.47 Å². The van der Waals surface area contributed by atoms with E-state index in [0.717, 1.165) is 6.20 Å². The highest BCUT2D eigenvalue weighted by Gasteiger charge is 2.40. The third-order valence-electron chi connectivity index (χ3n) is 7.74. The highest BCUT2D eigenvalue weighted by atomic mass is 19.4. The maximum Gasteiger partial charge on any atom is 0.416 e. The molecular formula is C30H29F6N7O5. The number of amides is 4. The van der Waals surface area contributed by atoms with Gasteiger partial charge in [-0.15, -0.1) is 0 Å². The van der Waals surface area contributed by atoms with Gasteiger partial charge in [-0.25, -0.2) is 29.4 Å². The highest BCUT2D eigenvalue weighted by molar-refractivity contribution is 6.20. The van der Waals surface area contributed by atoms with E-state index in [-0.39, 0.29) is 54.9 Å². The lowest BCUT2D eigenvalue weighted by Gasteiger charge is -2.39. The van der Waals surface area contributed by atoms with Gasteiger partial charge in [0, 0.05) is 18.5 Å². The predicted molar refractivity (Wildman–Crippen MR) is 158 cm³/mol. The van der Waals surface area contributed by atoms with Crippen LogP contribution in [0, 0.1) is 0 Å². The van der Waals surface area contributed by atoms with Gasteiger partial charge < -0.3 is 20.1 Å². The largest absolute Gasteiger partial charge is 0.481 e. The molecule has 256 valence electrons. The predicted octanol–water partition coefficient (Wildman–Crippen LogP) is 5.86. The number of benzene rings is 1. The SMILES string of the molecule is CCOC(=O)N1c2ccc(OC)nc2[C@@H](Nc2ncc(N3C(=O)CNC3=O)c(Cc3cc(C(F)(F)F)cc(C(F)(F)F)c3)n2)C[C@H]1CC. The molecule has 0 spiro atoms. The molecule has 48 heavy (non-hydrogen) atoms. The van der Waals surface area contributed by atoms with Gasteiger partial charge in [0.1, 0.15) is 0 Å². The van der Waals surface area contributed by atoms with Crippen LogP contribution in [0.3, 0.4) is 0 Å². The van der Waals surface area contributed by atoms with Crippen LogP contribution in [0.15, 0.2) is 36.5 Å². The molecule has 2 aromatic heterocycles. The molecule has 3 aromatic rings. The Morgan fingerprint density at radius 1 is 1.02 bits per heavy atom. The van der Waals surface area contributed by atoms with Gasteiger partial charge in [0.05, 0.1) is 66.4 Å². The number of anilines is 3. The Kier molecular flexibility index (Phi) is 9.37. The van der Waals surface area contributed by atoms with Gasteiger partial charge in [-0.2, -0.15) is 26.3 Å². The normalized spacial score (nSPS) is 18.0. The maximum absolute atomic E-state index is 13.6. The van der Waals surface area contributed by atoms with Crippen molar-refractivity contribution in [2.75, 3.05) is 35.4 Å². The number of carbonyl (C=O) groups is 3. The summed E-state index contributed by atoms with van der Waals surface area (Å²) in [7, 11) is 1.40. The fourth-order valence-corrected chi connectivity index (χ4v) is 5.56. The molecule has 12 nitrogen and oxygen atoms in total. The van der Waals surface area contributed by atoms with Crippen molar-refractivity contribution >= 4 is 35.4 Å². The smallest absolute Gasteiger partial charge is 0.416 e. The summed E-state index contributed by atoms with van der Waals surface area (Å²) in [6, 6.07) is 2.35. The second-order valence-electron chi connectivity index (χ2n) is 10.8. The molecule has 1 fully saturated rings. The Balaban J connectivity index is 1.59. The Labute approximate surface area is 269 Å². The number of nitrogens with zero attached hydrogens (tertiary/aromatic N) is 5. The van der Waals surface area contributed by atoms with Gasteiger partial charge in [-0.05, 0) is 49.6 Å². The number of carbonyl (C=O) groups excluding carboxylic acids is 3. The fraction of sp³-hybridized carbons (Fsp3) is 0.400. The summed E-state index contributed by atoms with van der Waals surface area (Å²) in [6.07, 6.45) is -9.59. The summed E-state index contributed by atoms with van der Waals surface area (Å²) >= 11 is 0. The van der Waals surface area contributed by atoms with Crippen molar-refractivity contribution in [1.82, 2.24) is 20.3 Å². The van der Waals surface area contributed by atoms with Crippen molar-refractivity contribution in [2.45, 2.75) is 57.5 Å². The first kappa shape index (κ1) is 34.2. The van der Waals surface area contributed by atoms with Crippen LogP contribution < -0.4 is 25.2 Å². The van der Waals surface area contributed by atoms with Crippen molar-refractivity contribution < 1.29 is 50.2 Å². The summed E-state index contributed by atoms with van der Waals surface area (Å²) in [6.45, 7) is 3.27. The molecule has 0 aliphatic carbocycles. The van der Waals surface area contributed by atoms with Gasteiger partial charge in [-0.1, -0.05) is 6.92 Å². The first-order chi connectivity index (χ1) is 22.6. The van der Waals surface area contributed by atoms with Crippen molar-refractivity contribution in [3.05, 3.63) is 64.6 Å². The summed E-state index contributed by atoms with van der Waals surface area (Å²) in [5.74, 6) is -0.642. The molecule has 0 bridgehead atoms. The molecule has 2 aliphatic heterocycles. The average Bonchev–Trinajstić information content (AvgIpc) is 3.36. The number of pyridine rings is 1. The highest BCUT2D eigenvalue weighted by Crippen LogP contribution is 2.41. The Hall–Kier alpha value is -5.16. The molecule has 1 saturated heterocycles. The monoisotopic (exact) mass is 681 g/mol. The summed E-state index contributed by atoms with van der Waals surface area (Å²) in [5, 5.41) is 5.41. The molecule has 0 saturated carbocycles. The molecule has 4 amide bonds. The van der Waals surface area contributed by atoms with Crippen LogP contribution in [-0.4, -0.2) is 59.3 Å². The number of ether oxygens (including phenoxy) is 2. The van der Waals surface area contributed by atoms with Crippen LogP contribution in [0.2, 0.25) is 0 Å². The van der Waals surface area contributed by atoms with Gasteiger partial charge in [0.2, 0.25) is 11.8 Å². The van der Waals surface area contributed by atoms with Gasteiger partial charge in [-0.3, -0.25) is 9.69 Å². The van der Waals surface area contributed by atoms with E-state index in [1.165, 1.54) is 12.0 Å². The van der Waals surface area contributed by atoms with Crippen molar-refractivity contribution in [1.29, 1.82) is 0 Å². The third kappa shape index (κ3) is 6.91. The van der Waals surface area contributed by atoms with Gasteiger partial charge >= 0.3 is 24.5 Å². The summed E-state index contributed by atoms with van der Waals surface area (Å²) in [4.78, 5) is 53.3. The number of rotatable bonds is 8. The number of methoxy groups -OCH3 is 1. The number of alkyl halides is 6. The van der Waals surface area contributed by atoms with Gasteiger partial charge in [0.15, 0.2) is 0 Å². The number of aromatic nitrogens is 3. The standard InChI is InChI=1S/C30H29F6N7O5/c1-4-18-12-20(25-21(6-7-23(41-25)47-3)42(18)28(46)48-5-2)40-26-37-13-22(43-24(44)14-38-27(43)45)19(39-26)10-15-8-16(29(31,32)33)11-17(9-15)30(34,35)36/h6-9,11,13,18,20H,4-5,10,12,14H2,1-3H3,(H,38,45)(H,37,39,40)/t18-,20+/m1/s1. The van der Waals surface area contributed by atoms with Crippen LogP contribution in [0.5, 0.6) is 5.88 Å². The Bertz CT molecular complexity index is 1690. The van der Waals surface area contributed by atoms with E-state index in [0.29, 0.717) is 34.8 Å². The van der Waals surface area contributed by atoms with Crippen LogP contribution >= 0.6 is 0 Å². The molecule has 4 heterocycles. The third-order valence-corrected chi connectivity index (χ3v) is 7.74. The number of urea groups is 1. The van der Waals surface area contributed by atoms with Crippen molar-refractivity contribution in [2.24, 2.45) is 0 Å². The molecule has 2 N–H and O–H groups in total. The molecule has 2 atom stereocenters. The van der Waals surface area contributed by atoms with Crippen molar-refractivity contribution in [3.63, 3.8) is 0 Å². The molecule has 1 aromatic carbocycles. The first-order valence-corrected chi connectivity index (χ1v) is 14.7. The van der Waals surface area contributed by atoms with Gasteiger partial charge in [0.25, 0.3) is 5.91 Å². The molecule has 2 aliphatic rings. The number of hydrogen-bond acceptors (Lipinski definition) is 9. The van der Waals surface area contributed by atoms with E-state index in [9.17, 15) is 40.7 Å². The minimum atomic E-state index is -5.10. The molecular weight excluding hydrogens is 652 g/mol. The second-order valence-corrected chi connectivity index (χ2v) is 10.8. The minimum absolute atomic E-state index is 0.000337. The zero-order chi connectivity index (χ0) is 35.0. The quantitative estimate of drug-likeness (QED) is 0.221. The first-order valence-electron chi connectivity index (χ1n) is 14.7. The van der Waals surface area contributed by atoms with Crippen molar-refractivity contribution in [3.8, 4) is 5.88 Å². The van der Waals surface area contributed by atoms with Crippen LogP contribution in [-0.2, 0) is 28.3 Å². The second kappa shape index (κ2) is 13.2. The summed E-state index contributed by atoms with van der Waals surface area (Å²) < 4.78 is 92.3. The number of imide groups is 1. The van der Waals surface area contributed by atoms with E-state index < -0.39 is 59.5 Å². The summed E-state index contributed by atoms with van der Waals surface area (Å²) in [5.41, 5.74) is -3.18. The molecule has 0 radical (unpaired) electrons. The van der Waals surface area contributed by atoms with E-state index in [2.05, 4.69) is 25.6 Å². The lowest BCUT2D eigenvalue weighted by atomic mass is 9.93. The van der Waals surface area contributed by atoms with Crippen LogP contribution in [0.1, 0.15) is 60.8 Å². The zero-order valence-electron chi connectivity index (χ0n) is 25.7. The van der Waals surface area contributed by atoms with E-state index in [1.807, 2.05) is 6.92 Å². The lowest BCUT2D eigenvalue weighted by molar-refractivity contribution is -0.143. The number of hydrogen-bond donors (Lipinski definition) is 2. The van der Waals surface area contributed by atoms with E-state index >= 15 is 0 Å². The zero-order valence-corrected chi connectivity index (χ0v) is 25.7. The Morgan fingerprint density at radius 2 is 1.71 bits per heavy atom. The fourth-order valence-electron chi connectivity index (χ4n) is 5.56. The number of halogens is 6. The van der Waals surface area contributed by atoms with E-state index in [1.54, 1.807) is 19.1 Å². The average molecular weight is 682 g/mol. The molecule has 5 rings (SSSR count). The number of fused-ring (bicyclic) bond motifs is 1. The molecule has 18 heteroatoms.